The van der Waals surface area contributed by atoms with Crippen LogP contribution in [0.4, 0.5) is 5.69 Å². The Morgan fingerprint density at radius 2 is 2.18 bits per heavy atom. The number of carbonyl (C=O) groups is 1. The van der Waals surface area contributed by atoms with E-state index in [0.29, 0.717) is 29.1 Å². The Balaban J connectivity index is 1.81. The first-order valence-corrected chi connectivity index (χ1v) is 8.90. The van der Waals surface area contributed by atoms with Crippen LogP contribution in [0.3, 0.4) is 0 Å². The molecule has 1 saturated carbocycles. The average molecular weight is 378 g/mol. The van der Waals surface area contributed by atoms with Gasteiger partial charge in [0.15, 0.2) is 0 Å². The fourth-order valence-corrected chi connectivity index (χ4v) is 2.52. The number of anilines is 1. The first-order valence-electron chi connectivity index (χ1n) is 8.90. The zero-order valence-electron chi connectivity index (χ0n) is 15.9. The molecule has 0 radical (unpaired) electrons. The number of nitrogens with one attached hydrogen (secondary N) is 2. The maximum atomic E-state index is 12.6. The van der Waals surface area contributed by atoms with Gasteiger partial charge in [0.1, 0.15) is 5.76 Å². The zero-order chi connectivity index (χ0) is 20.1. The second-order valence-corrected chi connectivity index (χ2v) is 6.46. The molecule has 1 aromatic heterocycles. The highest BCUT2D eigenvalue weighted by atomic mass is 16.5. The van der Waals surface area contributed by atoms with Crippen molar-refractivity contribution in [2.75, 3.05) is 12.4 Å². The molecule has 0 saturated heterocycles. The molecule has 0 atom stereocenters. The van der Waals surface area contributed by atoms with Crippen LogP contribution < -0.4 is 5.32 Å². The molecule has 2 N–H and O–H groups in total. The maximum Gasteiger partial charge on any atom is 0.257 e. The van der Waals surface area contributed by atoms with Crippen LogP contribution in [0.25, 0.3) is 11.4 Å². The third kappa shape index (κ3) is 4.43. The van der Waals surface area contributed by atoms with Crippen LogP contribution in [0.1, 0.15) is 30.2 Å². The van der Waals surface area contributed by atoms with Crippen molar-refractivity contribution in [2.24, 2.45) is 0 Å². The van der Waals surface area contributed by atoms with Gasteiger partial charge in [-0.15, -0.1) is 0 Å². The van der Waals surface area contributed by atoms with Crippen LogP contribution in [0.5, 0.6) is 0 Å². The Morgan fingerprint density at radius 1 is 1.39 bits per heavy atom. The lowest BCUT2D eigenvalue weighted by molar-refractivity contribution is -0.112. The second-order valence-electron chi connectivity index (χ2n) is 6.46. The van der Waals surface area contributed by atoms with Gasteiger partial charge in [0.25, 0.3) is 5.91 Å². The summed E-state index contributed by atoms with van der Waals surface area (Å²) < 4.78 is 10.4. The number of methoxy groups -OCH3 is 1. The van der Waals surface area contributed by atoms with Gasteiger partial charge in [-0.05, 0) is 49.6 Å². The lowest BCUT2D eigenvalue weighted by Crippen LogP contribution is -2.16. The molecule has 1 fully saturated rings. The van der Waals surface area contributed by atoms with E-state index in [0.717, 1.165) is 30.2 Å². The molecule has 1 aromatic carbocycles. The highest BCUT2D eigenvalue weighted by molar-refractivity contribution is 6.17. The summed E-state index contributed by atoms with van der Waals surface area (Å²) >= 11 is 0. The van der Waals surface area contributed by atoms with Gasteiger partial charge in [0.2, 0.25) is 11.7 Å². The number of rotatable bonds is 8. The lowest BCUT2D eigenvalue weighted by atomic mass is 10.1. The molecule has 0 aliphatic heterocycles. The molecular formula is C21H22N4O3. The Morgan fingerprint density at radius 3 is 2.82 bits per heavy atom. The van der Waals surface area contributed by atoms with E-state index in [2.05, 4.69) is 22.0 Å². The van der Waals surface area contributed by atoms with Crippen molar-refractivity contribution in [2.45, 2.75) is 25.7 Å². The Labute approximate surface area is 163 Å². The molecule has 1 aliphatic carbocycles. The summed E-state index contributed by atoms with van der Waals surface area (Å²) in [6.45, 7) is 5.50. The number of allylic oxidation sites excluding steroid dienone is 3. The van der Waals surface area contributed by atoms with Crippen LogP contribution in [0.2, 0.25) is 0 Å². The largest absolute Gasteiger partial charge is 0.497 e. The molecule has 7 heteroatoms. The Kier molecular flexibility index (Phi) is 5.84. The number of hydrogen-bond donors (Lipinski definition) is 2. The minimum atomic E-state index is -0.405. The smallest absolute Gasteiger partial charge is 0.257 e. The van der Waals surface area contributed by atoms with Gasteiger partial charge in [0.05, 0.1) is 12.7 Å². The minimum Gasteiger partial charge on any atom is -0.497 e. The molecule has 1 amide bonds. The summed E-state index contributed by atoms with van der Waals surface area (Å²) in [4.78, 5) is 17.0. The topological polar surface area (TPSA) is 101 Å². The monoisotopic (exact) mass is 378 g/mol. The number of aromatic nitrogens is 2. The normalized spacial score (nSPS) is 14.5. The van der Waals surface area contributed by atoms with Gasteiger partial charge in [-0.1, -0.05) is 23.9 Å². The highest BCUT2D eigenvalue weighted by Gasteiger charge is 2.29. The number of carbonyl (C=O) groups excluding carboxylic acids is 1. The molecule has 7 nitrogen and oxygen atoms in total. The molecule has 144 valence electrons. The lowest BCUT2D eigenvalue weighted by Gasteiger charge is -2.09. The van der Waals surface area contributed by atoms with Crippen molar-refractivity contribution in [1.82, 2.24) is 10.1 Å². The summed E-state index contributed by atoms with van der Waals surface area (Å²) in [5.74, 6) is 1.63. The fourth-order valence-electron chi connectivity index (χ4n) is 2.52. The number of ether oxygens (including phenoxy) is 1. The molecule has 0 spiro atoms. The molecule has 1 heterocycles. The predicted octanol–water partition coefficient (Wildman–Crippen LogP) is 4.15. The first kappa shape index (κ1) is 19.3. The molecule has 28 heavy (non-hydrogen) atoms. The number of benzene rings is 1. The summed E-state index contributed by atoms with van der Waals surface area (Å²) in [5, 5.41) is 14.4. The van der Waals surface area contributed by atoms with Gasteiger partial charge in [0, 0.05) is 23.4 Å². The zero-order valence-corrected chi connectivity index (χ0v) is 15.9. The van der Waals surface area contributed by atoms with E-state index in [4.69, 9.17) is 14.7 Å². The van der Waals surface area contributed by atoms with E-state index in [1.807, 2.05) is 19.1 Å². The van der Waals surface area contributed by atoms with Gasteiger partial charge in [-0.2, -0.15) is 4.98 Å². The van der Waals surface area contributed by atoms with Crippen LogP contribution in [-0.4, -0.2) is 29.4 Å². The van der Waals surface area contributed by atoms with Gasteiger partial charge < -0.3 is 20.0 Å². The van der Waals surface area contributed by atoms with Crippen LogP contribution in [0, 0.1) is 12.3 Å². The quantitative estimate of drug-likeness (QED) is 0.311. The van der Waals surface area contributed by atoms with Crippen molar-refractivity contribution < 1.29 is 14.1 Å². The standard InChI is InChI=1S/C21H22N4O3/c1-4-17(27-3)10-9-16(12-22)20(26)23-18-11-15(6-5-13(18)2)19-24-21(28-25-19)14-7-8-14/h4-6,9-12,14,22H,1,7-8H2,2-3H3,(H,23,26)/b16-9?,17-10+,22-12?. The average Bonchev–Trinajstić information content (AvgIpc) is 3.44. The van der Waals surface area contributed by atoms with E-state index in [-0.39, 0.29) is 5.57 Å². The fraction of sp³-hybridized carbons (Fsp3) is 0.238. The van der Waals surface area contributed by atoms with Crippen LogP contribution >= 0.6 is 0 Å². The van der Waals surface area contributed by atoms with E-state index in [1.165, 1.54) is 19.3 Å². The summed E-state index contributed by atoms with van der Waals surface area (Å²) in [6.07, 6.45) is 7.76. The molecule has 3 rings (SSSR count). The Hall–Kier alpha value is -3.48. The van der Waals surface area contributed by atoms with Crippen LogP contribution in [-0.2, 0) is 9.53 Å². The molecule has 2 aromatic rings. The van der Waals surface area contributed by atoms with Gasteiger partial charge in [-0.25, -0.2) is 0 Å². The second kappa shape index (κ2) is 8.47. The maximum absolute atomic E-state index is 12.6. The van der Waals surface area contributed by atoms with E-state index < -0.39 is 5.91 Å². The van der Waals surface area contributed by atoms with Crippen molar-refractivity contribution in [1.29, 1.82) is 5.41 Å². The predicted molar refractivity (Wildman–Crippen MR) is 107 cm³/mol. The van der Waals surface area contributed by atoms with Gasteiger partial charge >= 0.3 is 0 Å². The third-order valence-corrected chi connectivity index (χ3v) is 4.39. The number of amides is 1. The highest BCUT2D eigenvalue weighted by Crippen LogP contribution is 2.39. The van der Waals surface area contributed by atoms with E-state index >= 15 is 0 Å². The Bertz CT molecular complexity index is 968. The molecular weight excluding hydrogens is 356 g/mol. The third-order valence-electron chi connectivity index (χ3n) is 4.39. The SMILES string of the molecule is C=C/C(=C\C=C(C=N)C(=O)Nc1cc(-c2noc(C3CC3)n2)ccc1C)OC. The van der Waals surface area contributed by atoms with Gasteiger partial charge in [-0.3, -0.25) is 4.79 Å². The summed E-state index contributed by atoms with van der Waals surface area (Å²) in [7, 11) is 1.51. The molecule has 0 bridgehead atoms. The molecule has 1 aliphatic rings. The number of hydrogen-bond acceptors (Lipinski definition) is 6. The first-order chi connectivity index (χ1) is 13.5. The summed E-state index contributed by atoms with van der Waals surface area (Å²) in [5.41, 5.74) is 2.43. The van der Waals surface area contributed by atoms with E-state index in [9.17, 15) is 4.79 Å². The minimum absolute atomic E-state index is 0.178. The number of nitrogens with zero attached hydrogens (tertiary/aromatic N) is 2. The van der Waals surface area contributed by atoms with Crippen molar-refractivity contribution in [3.05, 3.63) is 65.8 Å². The van der Waals surface area contributed by atoms with Crippen molar-refractivity contribution in [3.63, 3.8) is 0 Å². The van der Waals surface area contributed by atoms with Crippen LogP contribution in [0.15, 0.2) is 58.9 Å². The summed E-state index contributed by atoms with van der Waals surface area (Å²) in [6, 6.07) is 5.57. The molecule has 0 unspecified atom stereocenters. The number of aryl methyl sites for hydroxylation is 1. The van der Waals surface area contributed by atoms with Crippen molar-refractivity contribution in [3.8, 4) is 11.4 Å². The van der Waals surface area contributed by atoms with Crippen molar-refractivity contribution >= 4 is 17.8 Å². The van der Waals surface area contributed by atoms with E-state index in [1.54, 1.807) is 12.1 Å².